The number of pyridine rings is 1. The lowest BCUT2D eigenvalue weighted by atomic mass is 10.2. The molecule has 0 aliphatic heterocycles. The highest BCUT2D eigenvalue weighted by molar-refractivity contribution is 7.99. The quantitative estimate of drug-likeness (QED) is 0.878. The van der Waals surface area contributed by atoms with Crippen LogP contribution in [0.4, 0.5) is 13.2 Å². The van der Waals surface area contributed by atoms with E-state index in [9.17, 15) is 18.0 Å². The summed E-state index contributed by atoms with van der Waals surface area (Å²) in [5.41, 5.74) is -0.515. The zero-order chi connectivity index (χ0) is 14.2. The summed E-state index contributed by atoms with van der Waals surface area (Å²) in [4.78, 5) is 18.1. The van der Waals surface area contributed by atoms with Crippen LogP contribution in [0.3, 0.4) is 0 Å². The predicted octanol–water partition coefficient (Wildman–Crippen LogP) is 2.16. The van der Waals surface area contributed by atoms with Crippen molar-refractivity contribution in [3.8, 4) is 0 Å². The van der Waals surface area contributed by atoms with E-state index < -0.39 is 17.7 Å². The standard InChI is InChI=1S/C10H8F3N3O2S/c1-16-8-6(15-9(16)19-4-7(17)18)2-5(3-14-8)10(11,12)13/h2-3H,4H2,1H3,(H,17,18). The largest absolute Gasteiger partial charge is 0.481 e. The topological polar surface area (TPSA) is 68.0 Å². The van der Waals surface area contributed by atoms with Gasteiger partial charge < -0.3 is 9.67 Å². The number of thioether (sulfide) groups is 1. The second kappa shape index (κ2) is 4.72. The lowest BCUT2D eigenvalue weighted by molar-refractivity contribution is -0.137. The molecule has 0 aliphatic carbocycles. The van der Waals surface area contributed by atoms with Crippen LogP contribution in [0.15, 0.2) is 17.4 Å². The minimum absolute atomic E-state index is 0.0882. The Bertz CT molecular complexity index is 639. The first-order valence-electron chi connectivity index (χ1n) is 5.03. The minimum atomic E-state index is -4.48. The third-order valence-corrected chi connectivity index (χ3v) is 3.33. The smallest absolute Gasteiger partial charge is 0.417 e. The number of aliphatic carboxylic acids is 1. The summed E-state index contributed by atoms with van der Waals surface area (Å²) in [5, 5.41) is 8.88. The van der Waals surface area contributed by atoms with Crippen molar-refractivity contribution in [1.82, 2.24) is 14.5 Å². The SMILES string of the molecule is Cn1c(SCC(=O)O)nc2cc(C(F)(F)F)cnc21. The average Bonchev–Trinajstić information content (AvgIpc) is 2.62. The number of fused-ring (bicyclic) bond motifs is 1. The Kier molecular flexibility index (Phi) is 3.40. The van der Waals surface area contributed by atoms with E-state index in [4.69, 9.17) is 5.11 Å². The van der Waals surface area contributed by atoms with Gasteiger partial charge in [0.25, 0.3) is 0 Å². The third-order valence-electron chi connectivity index (χ3n) is 2.32. The highest BCUT2D eigenvalue weighted by atomic mass is 32.2. The molecule has 19 heavy (non-hydrogen) atoms. The number of halogens is 3. The van der Waals surface area contributed by atoms with Gasteiger partial charge in [0.05, 0.1) is 11.3 Å². The maximum Gasteiger partial charge on any atom is 0.417 e. The molecule has 2 rings (SSSR count). The molecule has 0 saturated carbocycles. The van der Waals surface area contributed by atoms with Crippen molar-refractivity contribution in [2.45, 2.75) is 11.3 Å². The fraction of sp³-hybridized carbons (Fsp3) is 0.300. The number of aryl methyl sites for hydroxylation is 1. The molecule has 0 amide bonds. The van der Waals surface area contributed by atoms with Gasteiger partial charge in [-0.3, -0.25) is 4.79 Å². The van der Waals surface area contributed by atoms with Crippen molar-refractivity contribution in [2.24, 2.45) is 7.05 Å². The van der Waals surface area contributed by atoms with Gasteiger partial charge in [-0.2, -0.15) is 13.2 Å². The molecule has 0 saturated heterocycles. The molecule has 0 aromatic carbocycles. The predicted molar refractivity (Wildman–Crippen MR) is 61.9 cm³/mol. The van der Waals surface area contributed by atoms with E-state index >= 15 is 0 Å². The van der Waals surface area contributed by atoms with E-state index in [2.05, 4.69) is 9.97 Å². The van der Waals surface area contributed by atoms with E-state index in [0.717, 1.165) is 24.0 Å². The zero-order valence-corrected chi connectivity index (χ0v) is 10.4. The van der Waals surface area contributed by atoms with Gasteiger partial charge in [-0.1, -0.05) is 11.8 Å². The molecule has 2 aromatic rings. The summed E-state index contributed by atoms with van der Waals surface area (Å²) in [5.74, 6) is -1.25. The molecule has 0 unspecified atom stereocenters. The summed E-state index contributed by atoms with van der Waals surface area (Å²) in [6.07, 6.45) is -3.75. The van der Waals surface area contributed by atoms with Gasteiger partial charge in [-0.15, -0.1) is 0 Å². The molecule has 0 bridgehead atoms. The van der Waals surface area contributed by atoms with Gasteiger partial charge in [0, 0.05) is 13.2 Å². The number of rotatable bonds is 3. The van der Waals surface area contributed by atoms with Crippen LogP contribution in [0.25, 0.3) is 11.2 Å². The van der Waals surface area contributed by atoms with Crippen LogP contribution >= 0.6 is 11.8 Å². The molecular formula is C10H8F3N3O2S. The molecule has 0 aliphatic rings. The molecule has 2 heterocycles. The van der Waals surface area contributed by atoms with Crippen LogP contribution < -0.4 is 0 Å². The summed E-state index contributed by atoms with van der Waals surface area (Å²) >= 11 is 0.925. The van der Waals surface area contributed by atoms with Crippen LogP contribution in [0.2, 0.25) is 0 Å². The number of imidazole rings is 1. The lowest BCUT2D eigenvalue weighted by Gasteiger charge is -2.05. The maximum atomic E-state index is 12.5. The second-order valence-electron chi connectivity index (χ2n) is 3.70. The molecular weight excluding hydrogens is 283 g/mol. The van der Waals surface area contributed by atoms with E-state index in [0.29, 0.717) is 5.16 Å². The number of hydrogen-bond acceptors (Lipinski definition) is 4. The molecule has 0 atom stereocenters. The third kappa shape index (κ3) is 2.80. The zero-order valence-electron chi connectivity index (χ0n) is 9.60. The van der Waals surface area contributed by atoms with Crippen molar-refractivity contribution in [3.05, 3.63) is 17.8 Å². The highest BCUT2D eigenvalue weighted by Crippen LogP contribution is 2.31. The average molecular weight is 291 g/mol. The monoisotopic (exact) mass is 291 g/mol. The Morgan fingerprint density at radius 1 is 1.53 bits per heavy atom. The number of carboxylic acids is 1. The van der Waals surface area contributed by atoms with E-state index in [1.807, 2.05) is 0 Å². The van der Waals surface area contributed by atoms with E-state index in [1.54, 1.807) is 7.05 Å². The summed E-state index contributed by atoms with van der Waals surface area (Å²) < 4.78 is 39.0. The van der Waals surface area contributed by atoms with Crippen LogP contribution in [-0.2, 0) is 18.0 Å². The molecule has 5 nitrogen and oxygen atoms in total. The molecule has 102 valence electrons. The molecule has 1 N–H and O–H groups in total. The summed E-state index contributed by atoms with van der Waals surface area (Å²) in [6, 6.07) is 0.896. The van der Waals surface area contributed by atoms with Gasteiger partial charge in [0.15, 0.2) is 10.8 Å². The van der Waals surface area contributed by atoms with E-state index in [-0.39, 0.29) is 16.9 Å². The molecule has 0 fully saturated rings. The Hall–Kier alpha value is -1.77. The van der Waals surface area contributed by atoms with Crippen LogP contribution in [-0.4, -0.2) is 31.4 Å². The number of carboxylic acid groups (broad SMARTS) is 1. The van der Waals surface area contributed by atoms with Crippen molar-refractivity contribution >= 4 is 28.9 Å². The summed E-state index contributed by atoms with van der Waals surface area (Å²) in [6.45, 7) is 0. The van der Waals surface area contributed by atoms with E-state index in [1.165, 1.54) is 4.57 Å². The molecule has 2 aromatic heterocycles. The molecule has 0 spiro atoms. The first-order valence-corrected chi connectivity index (χ1v) is 6.02. The van der Waals surface area contributed by atoms with Gasteiger partial charge in [0.1, 0.15) is 5.52 Å². The lowest BCUT2D eigenvalue weighted by Crippen LogP contribution is -2.05. The number of alkyl halides is 3. The first-order chi connectivity index (χ1) is 8.79. The highest BCUT2D eigenvalue weighted by Gasteiger charge is 2.31. The van der Waals surface area contributed by atoms with Crippen molar-refractivity contribution in [1.29, 1.82) is 0 Å². The second-order valence-corrected chi connectivity index (χ2v) is 4.64. The van der Waals surface area contributed by atoms with Crippen molar-refractivity contribution < 1.29 is 23.1 Å². The van der Waals surface area contributed by atoms with Crippen LogP contribution in [0.5, 0.6) is 0 Å². The van der Waals surface area contributed by atoms with Gasteiger partial charge in [-0.25, -0.2) is 9.97 Å². The molecule has 9 heteroatoms. The minimum Gasteiger partial charge on any atom is -0.481 e. The van der Waals surface area contributed by atoms with Gasteiger partial charge in [0.2, 0.25) is 0 Å². The fourth-order valence-corrected chi connectivity index (χ4v) is 2.16. The first kappa shape index (κ1) is 13.7. The summed E-state index contributed by atoms with van der Waals surface area (Å²) in [7, 11) is 1.57. The normalized spacial score (nSPS) is 12.0. The number of hydrogen-bond donors (Lipinski definition) is 1. The Balaban J connectivity index is 2.42. The Labute approximate surface area is 109 Å². The fourth-order valence-electron chi connectivity index (χ4n) is 1.47. The Morgan fingerprint density at radius 3 is 2.79 bits per heavy atom. The van der Waals surface area contributed by atoms with Gasteiger partial charge >= 0.3 is 12.1 Å². The maximum absolute atomic E-state index is 12.5. The molecule has 0 radical (unpaired) electrons. The van der Waals surface area contributed by atoms with Crippen molar-refractivity contribution in [3.63, 3.8) is 0 Å². The van der Waals surface area contributed by atoms with Gasteiger partial charge in [-0.05, 0) is 6.07 Å². The van der Waals surface area contributed by atoms with Crippen LogP contribution in [0, 0.1) is 0 Å². The number of nitrogens with zero attached hydrogens (tertiary/aromatic N) is 3. The van der Waals surface area contributed by atoms with Crippen molar-refractivity contribution in [2.75, 3.05) is 5.75 Å². The Morgan fingerprint density at radius 2 is 2.21 bits per heavy atom. The van der Waals surface area contributed by atoms with Crippen LogP contribution in [0.1, 0.15) is 5.56 Å². The number of carbonyl (C=O) groups is 1. The number of aromatic nitrogens is 3.